The second-order valence-electron chi connectivity index (χ2n) is 1.98. The number of hydrogen-bond acceptors (Lipinski definition) is 2. The highest BCUT2D eigenvalue weighted by atomic mass is 79.9. The topological polar surface area (TPSA) is 18.5 Å². The lowest BCUT2D eigenvalue weighted by Gasteiger charge is -2.04. The fourth-order valence-electron chi connectivity index (χ4n) is 0.780. The molecule has 0 heterocycles. The number of rotatable bonds is 4. The second-order valence-corrected chi connectivity index (χ2v) is 2.90. The largest absolute Gasteiger partial charge is 0.482 e. The fourth-order valence-corrected chi connectivity index (χ4v) is 1.31. The number of ether oxygens (including phenoxy) is 2. The summed E-state index contributed by atoms with van der Waals surface area (Å²) in [6, 6.07) is 7.48. The van der Waals surface area contributed by atoms with Crippen LogP contribution >= 0.6 is 31.9 Å². The monoisotopic (exact) mass is 294 g/mol. The van der Waals surface area contributed by atoms with Crippen molar-refractivity contribution < 1.29 is 9.47 Å². The summed E-state index contributed by atoms with van der Waals surface area (Å²) >= 11 is 6.35. The van der Waals surface area contributed by atoms with Gasteiger partial charge >= 0.3 is 0 Å². The zero-order valence-electron chi connectivity index (χ0n) is 6.30. The highest BCUT2D eigenvalue weighted by molar-refractivity contribution is 9.09. The summed E-state index contributed by atoms with van der Waals surface area (Å²) in [4.78, 5) is 0. The molecule has 0 bridgehead atoms. The zero-order chi connectivity index (χ0) is 8.81. The van der Waals surface area contributed by atoms with Crippen molar-refractivity contribution >= 4 is 31.9 Å². The Balaban J connectivity index is 2.67. The molecule has 4 heteroatoms. The summed E-state index contributed by atoms with van der Waals surface area (Å²) in [5, 5.41) is 0. The van der Waals surface area contributed by atoms with Crippen molar-refractivity contribution in [3.05, 3.63) is 24.3 Å². The summed E-state index contributed by atoms with van der Waals surface area (Å²) < 4.78 is 10.4. The average Bonchev–Trinajstić information content (AvgIpc) is 2.06. The third kappa shape index (κ3) is 3.03. The molecule has 0 aliphatic heterocycles. The Labute approximate surface area is 88.1 Å². The molecule has 2 nitrogen and oxygen atoms in total. The van der Waals surface area contributed by atoms with E-state index in [4.69, 9.17) is 9.47 Å². The Morgan fingerprint density at radius 2 is 1.50 bits per heavy atom. The smallest absolute Gasteiger partial charge is 0.143 e. The first-order valence-corrected chi connectivity index (χ1v) is 5.58. The highest BCUT2D eigenvalue weighted by Gasteiger charge is 1.95. The van der Waals surface area contributed by atoms with Gasteiger partial charge in [-0.3, -0.25) is 0 Å². The van der Waals surface area contributed by atoms with E-state index in [1.54, 1.807) is 0 Å². The highest BCUT2D eigenvalue weighted by Crippen LogP contribution is 2.19. The summed E-state index contributed by atoms with van der Waals surface area (Å²) in [5.74, 6) is 1.59. The molecule has 0 fully saturated rings. The molecular weight excluding hydrogens is 288 g/mol. The molecule has 0 radical (unpaired) electrons. The molecule has 0 aromatic heterocycles. The van der Waals surface area contributed by atoms with Gasteiger partial charge in [0.05, 0.1) is 0 Å². The number of hydrogen-bond donors (Lipinski definition) is 0. The molecule has 0 aliphatic rings. The Morgan fingerprint density at radius 1 is 1.00 bits per heavy atom. The van der Waals surface area contributed by atoms with Gasteiger partial charge in [-0.25, -0.2) is 0 Å². The maximum absolute atomic E-state index is 5.21. The number of alkyl halides is 2. The van der Waals surface area contributed by atoms with E-state index in [9.17, 15) is 0 Å². The second kappa shape index (κ2) is 5.43. The van der Waals surface area contributed by atoms with E-state index in [0.29, 0.717) is 11.0 Å². The molecule has 12 heavy (non-hydrogen) atoms. The lowest BCUT2D eigenvalue weighted by molar-refractivity contribution is 0.378. The van der Waals surface area contributed by atoms with Crippen molar-refractivity contribution in [2.24, 2.45) is 0 Å². The number of halogens is 2. The van der Waals surface area contributed by atoms with Crippen LogP contribution in [0.4, 0.5) is 0 Å². The van der Waals surface area contributed by atoms with Gasteiger partial charge in [-0.05, 0) is 44.0 Å². The first-order valence-electron chi connectivity index (χ1n) is 3.34. The van der Waals surface area contributed by atoms with Gasteiger partial charge in [0.1, 0.15) is 22.5 Å². The standard InChI is InChI=1S/C8H8Br2O2/c9-5-11-7-2-1-3-8(4-7)12-6-10/h1-4H,5-6H2. The molecule has 1 aromatic rings. The maximum Gasteiger partial charge on any atom is 0.143 e. The Morgan fingerprint density at radius 3 is 1.92 bits per heavy atom. The van der Waals surface area contributed by atoms with E-state index < -0.39 is 0 Å². The normalized spacial score (nSPS) is 9.50. The summed E-state index contributed by atoms with van der Waals surface area (Å²) in [5.41, 5.74) is 0.982. The zero-order valence-corrected chi connectivity index (χ0v) is 9.47. The minimum absolute atomic E-state index is 0.491. The first-order chi connectivity index (χ1) is 5.86. The molecule has 66 valence electrons. The molecule has 0 amide bonds. The molecule has 1 aromatic carbocycles. The van der Waals surface area contributed by atoms with Crippen molar-refractivity contribution in [2.75, 3.05) is 11.0 Å². The van der Waals surface area contributed by atoms with Gasteiger partial charge in [0, 0.05) is 6.07 Å². The van der Waals surface area contributed by atoms with Crippen LogP contribution < -0.4 is 9.47 Å². The molecule has 0 unspecified atom stereocenters. The van der Waals surface area contributed by atoms with Crippen molar-refractivity contribution in [3.8, 4) is 11.5 Å². The van der Waals surface area contributed by atoms with Crippen LogP contribution in [0.2, 0.25) is 0 Å². The predicted octanol–water partition coefficient (Wildman–Crippen LogP) is 3.15. The molecule has 1 rings (SSSR count). The van der Waals surface area contributed by atoms with Gasteiger partial charge in [0.25, 0.3) is 0 Å². The summed E-state index contributed by atoms with van der Waals surface area (Å²) in [6.07, 6.45) is 0. The van der Waals surface area contributed by atoms with Crippen LogP contribution in [-0.2, 0) is 0 Å². The van der Waals surface area contributed by atoms with Gasteiger partial charge in [-0.15, -0.1) is 0 Å². The van der Waals surface area contributed by atoms with E-state index >= 15 is 0 Å². The Kier molecular flexibility index (Phi) is 4.46. The molecule has 0 atom stereocenters. The van der Waals surface area contributed by atoms with E-state index in [1.165, 1.54) is 0 Å². The van der Waals surface area contributed by atoms with Crippen LogP contribution in [0.5, 0.6) is 11.5 Å². The third-order valence-electron chi connectivity index (χ3n) is 1.25. The van der Waals surface area contributed by atoms with Crippen LogP contribution in [0.1, 0.15) is 0 Å². The molecule has 0 saturated heterocycles. The summed E-state index contributed by atoms with van der Waals surface area (Å²) in [7, 11) is 0. The van der Waals surface area contributed by atoms with Crippen LogP contribution in [0.15, 0.2) is 24.3 Å². The summed E-state index contributed by atoms with van der Waals surface area (Å²) in [6.45, 7) is 0. The molecule has 0 saturated carbocycles. The van der Waals surface area contributed by atoms with Crippen LogP contribution in [0.3, 0.4) is 0 Å². The van der Waals surface area contributed by atoms with Crippen molar-refractivity contribution in [1.29, 1.82) is 0 Å². The Bertz CT molecular complexity index is 219. The molecule has 0 aliphatic carbocycles. The quantitative estimate of drug-likeness (QED) is 0.795. The fraction of sp³-hybridized carbons (Fsp3) is 0.250. The third-order valence-corrected chi connectivity index (χ3v) is 1.71. The van der Waals surface area contributed by atoms with E-state index in [2.05, 4.69) is 31.9 Å². The minimum atomic E-state index is 0.491. The van der Waals surface area contributed by atoms with Crippen LogP contribution in [-0.4, -0.2) is 11.0 Å². The van der Waals surface area contributed by atoms with E-state index in [1.807, 2.05) is 24.3 Å². The van der Waals surface area contributed by atoms with Gasteiger partial charge < -0.3 is 9.47 Å². The van der Waals surface area contributed by atoms with Crippen molar-refractivity contribution in [3.63, 3.8) is 0 Å². The lowest BCUT2D eigenvalue weighted by Crippen LogP contribution is -1.91. The van der Waals surface area contributed by atoms with Crippen LogP contribution in [0.25, 0.3) is 0 Å². The van der Waals surface area contributed by atoms with Gasteiger partial charge in [-0.2, -0.15) is 0 Å². The molecule has 0 N–H and O–H groups in total. The molecular formula is C8H8Br2O2. The van der Waals surface area contributed by atoms with Gasteiger partial charge in [-0.1, -0.05) is 6.07 Å². The lowest BCUT2D eigenvalue weighted by atomic mass is 10.3. The predicted molar refractivity (Wildman–Crippen MR) is 55.3 cm³/mol. The van der Waals surface area contributed by atoms with E-state index in [-0.39, 0.29) is 0 Å². The van der Waals surface area contributed by atoms with Crippen molar-refractivity contribution in [2.45, 2.75) is 0 Å². The van der Waals surface area contributed by atoms with Gasteiger partial charge in [0.2, 0.25) is 0 Å². The van der Waals surface area contributed by atoms with Crippen LogP contribution in [0, 0.1) is 0 Å². The SMILES string of the molecule is BrCOc1cccc(OCBr)c1. The van der Waals surface area contributed by atoms with Crippen molar-refractivity contribution in [1.82, 2.24) is 0 Å². The first kappa shape index (κ1) is 9.86. The minimum Gasteiger partial charge on any atom is -0.482 e. The number of benzene rings is 1. The van der Waals surface area contributed by atoms with E-state index in [0.717, 1.165) is 11.5 Å². The average molecular weight is 296 g/mol. The maximum atomic E-state index is 5.21. The Hall–Kier alpha value is -0.220. The van der Waals surface area contributed by atoms with Gasteiger partial charge in [0.15, 0.2) is 0 Å². The molecule has 0 spiro atoms.